The number of nitrogens with zero attached hydrogens (tertiary/aromatic N) is 2. The van der Waals surface area contributed by atoms with E-state index in [1.54, 1.807) is 0 Å². The largest absolute Gasteiger partial charge is 0.531 e. The van der Waals surface area contributed by atoms with E-state index < -0.39 is 16.6 Å². The van der Waals surface area contributed by atoms with Gasteiger partial charge in [-0.05, 0) is 45.7 Å². The van der Waals surface area contributed by atoms with Gasteiger partial charge in [0.2, 0.25) is 22.5 Å². The van der Waals surface area contributed by atoms with Crippen LogP contribution in [0.15, 0.2) is 6.20 Å². The molecule has 24 heavy (non-hydrogen) atoms. The highest BCUT2D eigenvalue weighted by molar-refractivity contribution is 8.77. The fourth-order valence-corrected chi connectivity index (χ4v) is 5.32. The molecule has 1 heterocycles. The second-order valence-corrected chi connectivity index (χ2v) is 20.8. The Bertz CT molecular complexity index is 538. The van der Waals surface area contributed by atoms with Crippen molar-refractivity contribution in [3.63, 3.8) is 0 Å². The average Bonchev–Trinajstić information content (AvgIpc) is 2.31. The van der Waals surface area contributed by atoms with Crippen LogP contribution >= 0.6 is 21.6 Å². The summed E-state index contributed by atoms with van der Waals surface area (Å²) in [6.45, 7) is 19.6. The van der Waals surface area contributed by atoms with Crippen LogP contribution in [0, 0.1) is 0 Å². The highest BCUT2D eigenvalue weighted by Gasteiger charge is 2.23. The van der Waals surface area contributed by atoms with E-state index in [0.717, 1.165) is 17.7 Å². The lowest BCUT2D eigenvalue weighted by Crippen LogP contribution is -2.32. The minimum atomic E-state index is -1.73. The molecular weight excluding hydrogens is 372 g/mol. The van der Waals surface area contributed by atoms with E-state index in [1.807, 2.05) is 27.8 Å². The molecule has 0 aliphatic carbocycles. The minimum Gasteiger partial charge on any atom is -0.531 e. The van der Waals surface area contributed by atoms with Crippen molar-refractivity contribution >= 4 is 38.2 Å². The molecule has 0 aliphatic heterocycles. The van der Waals surface area contributed by atoms with Crippen molar-refractivity contribution in [2.75, 3.05) is 5.75 Å². The normalized spacial score (nSPS) is 13.0. The number of aromatic nitrogens is 2. The molecule has 0 fully saturated rings. The predicted octanol–water partition coefficient (Wildman–Crippen LogP) is 5.63. The SMILES string of the molecule is CC(C)(C)SSCCc1cnc(O[Si](C)(C)C)nc1O[Si](C)(C)C. The number of hydrogen-bond acceptors (Lipinski definition) is 6. The van der Waals surface area contributed by atoms with Crippen LogP contribution in [0.4, 0.5) is 0 Å². The summed E-state index contributed by atoms with van der Waals surface area (Å²) in [6, 6.07) is 0.447. The Labute approximate surface area is 157 Å². The van der Waals surface area contributed by atoms with Crippen molar-refractivity contribution < 1.29 is 8.85 Å². The Hall–Kier alpha value is -0.186. The first-order chi connectivity index (χ1) is 10.8. The van der Waals surface area contributed by atoms with Crippen LogP contribution in [-0.4, -0.2) is 37.1 Å². The summed E-state index contributed by atoms with van der Waals surface area (Å²) in [5.41, 5.74) is 1.07. The van der Waals surface area contributed by atoms with Crippen LogP contribution in [0.25, 0.3) is 0 Å². The van der Waals surface area contributed by atoms with E-state index >= 15 is 0 Å². The van der Waals surface area contributed by atoms with Crippen LogP contribution in [-0.2, 0) is 6.42 Å². The van der Waals surface area contributed by atoms with Crippen LogP contribution < -0.4 is 8.85 Å². The van der Waals surface area contributed by atoms with E-state index in [2.05, 4.69) is 70.0 Å². The molecule has 0 saturated carbocycles. The summed E-state index contributed by atoms with van der Waals surface area (Å²) < 4.78 is 12.4. The van der Waals surface area contributed by atoms with Gasteiger partial charge in [-0.1, -0.05) is 42.4 Å². The molecule has 1 aromatic heterocycles. The summed E-state index contributed by atoms with van der Waals surface area (Å²) >= 11 is 0. The van der Waals surface area contributed by atoms with Crippen molar-refractivity contribution in [2.24, 2.45) is 0 Å². The summed E-state index contributed by atoms with van der Waals surface area (Å²) in [7, 11) is 0.335. The van der Waals surface area contributed by atoms with Crippen molar-refractivity contribution in [1.29, 1.82) is 0 Å². The molecule has 1 aromatic rings. The smallest absolute Gasteiger partial charge is 0.305 e. The van der Waals surface area contributed by atoms with Gasteiger partial charge in [0.25, 0.3) is 0 Å². The van der Waals surface area contributed by atoms with E-state index in [0.29, 0.717) is 11.9 Å². The maximum atomic E-state index is 6.19. The summed E-state index contributed by atoms with van der Waals surface area (Å²) in [6.07, 6.45) is 2.78. The minimum absolute atomic E-state index is 0.272. The molecule has 0 radical (unpaired) electrons. The lowest BCUT2D eigenvalue weighted by molar-refractivity contribution is 0.471. The van der Waals surface area contributed by atoms with Gasteiger partial charge in [0.1, 0.15) is 0 Å². The molecule has 1 rings (SSSR count). The third-order valence-corrected chi connectivity index (χ3v) is 7.31. The third kappa shape index (κ3) is 9.95. The van der Waals surface area contributed by atoms with Gasteiger partial charge in [-0.2, -0.15) is 4.98 Å². The molecule has 0 amide bonds. The van der Waals surface area contributed by atoms with Crippen molar-refractivity contribution in [3.05, 3.63) is 11.8 Å². The number of aryl methyl sites for hydroxylation is 1. The first kappa shape index (κ1) is 21.9. The number of hydrogen-bond donors (Lipinski definition) is 0. The van der Waals surface area contributed by atoms with Gasteiger partial charge < -0.3 is 8.85 Å². The van der Waals surface area contributed by atoms with Gasteiger partial charge in [0, 0.05) is 22.3 Å². The molecule has 4 nitrogen and oxygen atoms in total. The molecule has 8 heteroatoms. The Morgan fingerprint density at radius 2 is 1.58 bits per heavy atom. The molecule has 0 N–H and O–H groups in total. The molecule has 0 aliphatic rings. The topological polar surface area (TPSA) is 44.2 Å². The standard InChI is InChI=1S/C16H32N2O2S2Si2/c1-16(2,3)22-21-11-10-13-12-17-15(20-24(7,8)9)18-14(13)19-23(4,5)6/h12H,10-11H2,1-9H3. The zero-order chi connectivity index (χ0) is 18.6. The summed E-state index contributed by atoms with van der Waals surface area (Å²) in [4.78, 5) is 8.97. The molecular formula is C16H32N2O2S2Si2. The third-order valence-electron chi connectivity index (χ3n) is 2.37. The Morgan fingerprint density at radius 3 is 2.08 bits per heavy atom. The lowest BCUT2D eigenvalue weighted by atomic mass is 10.2. The van der Waals surface area contributed by atoms with Crippen molar-refractivity contribution in [1.82, 2.24) is 9.97 Å². The fraction of sp³-hybridized carbons (Fsp3) is 0.750. The van der Waals surface area contributed by atoms with Crippen LogP contribution in [0.1, 0.15) is 26.3 Å². The van der Waals surface area contributed by atoms with E-state index in [-0.39, 0.29) is 4.75 Å². The van der Waals surface area contributed by atoms with E-state index in [9.17, 15) is 0 Å². The first-order valence-electron chi connectivity index (χ1n) is 8.30. The molecule has 0 aromatic carbocycles. The van der Waals surface area contributed by atoms with Gasteiger partial charge >= 0.3 is 6.01 Å². The average molecular weight is 405 g/mol. The molecule has 0 unspecified atom stereocenters. The van der Waals surface area contributed by atoms with Gasteiger partial charge in [-0.15, -0.1) is 0 Å². The predicted molar refractivity (Wildman–Crippen MR) is 113 cm³/mol. The van der Waals surface area contributed by atoms with Gasteiger partial charge in [0.15, 0.2) is 0 Å². The second kappa shape index (κ2) is 8.46. The van der Waals surface area contributed by atoms with Crippen LogP contribution in [0.3, 0.4) is 0 Å². The molecule has 138 valence electrons. The zero-order valence-corrected chi connectivity index (χ0v) is 20.2. The fourth-order valence-electron chi connectivity index (χ4n) is 1.62. The van der Waals surface area contributed by atoms with Gasteiger partial charge in [0.05, 0.1) is 0 Å². The monoisotopic (exact) mass is 404 g/mol. The molecule has 0 bridgehead atoms. The molecule has 0 saturated heterocycles. The highest BCUT2D eigenvalue weighted by Crippen LogP contribution is 2.35. The second-order valence-electron chi connectivity index (χ2n) is 8.68. The van der Waals surface area contributed by atoms with Crippen molar-refractivity contribution in [3.8, 4) is 11.9 Å². The molecule has 0 atom stereocenters. The Morgan fingerprint density at radius 1 is 1.00 bits per heavy atom. The molecule has 0 spiro atoms. The number of rotatable bonds is 8. The Balaban J connectivity index is 2.85. The van der Waals surface area contributed by atoms with Crippen molar-refractivity contribution in [2.45, 2.75) is 71.2 Å². The quantitative estimate of drug-likeness (QED) is 0.318. The van der Waals surface area contributed by atoms with E-state index in [4.69, 9.17) is 8.85 Å². The van der Waals surface area contributed by atoms with E-state index in [1.165, 1.54) is 0 Å². The lowest BCUT2D eigenvalue weighted by Gasteiger charge is -2.22. The van der Waals surface area contributed by atoms with Crippen LogP contribution in [0.5, 0.6) is 11.9 Å². The summed E-state index contributed by atoms with van der Waals surface area (Å²) in [5, 5.41) is 0. The maximum Gasteiger partial charge on any atom is 0.305 e. The van der Waals surface area contributed by atoms with Gasteiger partial charge in [-0.3, -0.25) is 0 Å². The zero-order valence-electron chi connectivity index (χ0n) is 16.5. The first-order valence-corrected chi connectivity index (χ1v) is 17.4. The Kier molecular flexibility index (Phi) is 7.71. The maximum absolute atomic E-state index is 6.19. The highest BCUT2D eigenvalue weighted by atomic mass is 33.1. The van der Waals surface area contributed by atoms with Crippen LogP contribution in [0.2, 0.25) is 39.3 Å². The van der Waals surface area contributed by atoms with Gasteiger partial charge in [-0.25, -0.2) is 4.98 Å². The summed E-state index contributed by atoms with van der Waals surface area (Å²) in [5.74, 6) is 1.72.